The minimum atomic E-state index is -0.909. The zero-order chi connectivity index (χ0) is 42.6. The van der Waals surface area contributed by atoms with Crippen LogP contribution in [-0.4, -0.2) is 72.8 Å². The first-order chi connectivity index (χ1) is 27.1. The summed E-state index contributed by atoms with van der Waals surface area (Å²) < 4.78 is 0. The van der Waals surface area contributed by atoms with Crippen LogP contribution >= 0.6 is 0 Å². The van der Waals surface area contributed by atoms with Gasteiger partial charge in [0.1, 0.15) is 0 Å². The molecule has 0 aliphatic rings. The molecule has 0 aromatic carbocycles. The standard InChI is InChI=1S/4C12H24O2.Ba.Cd/c4*1-2-3-4-5-6-7-8-9-10-11-12(13)14;;/h4*2-11H2,1H3,(H,13,14);;/q;;;;2*+2/p-4. The second-order valence-corrected chi connectivity index (χ2v) is 15.8. The summed E-state index contributed by atoms with van der Waals surface area (Å²) >= 11 is 0. The van der Waals surface area contributed by atoms with Gasteiger partial charge in [-0.1, -0.05) is 233 Å². The van der Waals surface area contributed by atoms with Crippen LogP contribution in [0.2, 0.25) is 0 Å². The average molecular weight is 1050 g/mol. The van der Waals surface area contributed by atoms with E-state index in [0.717, 1.165) is 51.4 Å². The van der Waals surface area contributed by atoms with Crippen molar-refractivity contribution in [2.45, 2.75) is 285 Å². The summed E-state index contributed by atoms with van der Waals surface area (Å²) in [5.41, 5.74) is 0. The SMILES string of the molecule is CCCCCCCCCCCC(=O)[O-].CCCCCCCCCCCC(=O)[O-].CCCCCCCCCCCC(=O)[O-].CCCCCCCCCCCC(=O)[O-].[Ba+2].[Cd+2]. The topological polar surface area (TPSA) is 161 Å². The summed E-state index contributed by atoms with van der Waals surface area (Å²) in [7, 11) is 0. The fourth-order valence-corrected chi connectivity index (χ4v) is 6.32. The second kappa shape index (κ2) is 66.5. The Morgan fingerprint density at radius 3 is 0.448 bits per heavy atom. The molecule has 0 aliphatic carbocycles. The number of carboxylic acids is 4. The molecule has 0 unspecified atom stereocenters. The minimum Gasteiger partial charge on any atom is -0.550 e. The normalized spacial score (nSPS) is 10.0. The van der Waals surface area contributed by atoms with Crippen molar-refractivity contribution in [3.8, 4) is 0 Å². The first-order valence-electron chi connectivity index (χ1n) is 23.9. The molecule has 0 aromatic heterocycles. The fourth-order valence-electron chi connectivity index (χ4n) is 6.32. The van der Waals surface area contributed by atoms with Gasteiger partial charge in [0.2, 0.25) is 0 Å². The van der Waals surface area contributed by atoms with Crippen LogP contribution in [-0.2, 0) is 46.5 Å². The van der Waals surface area contributed by atoms with E-state index in [1.54, 1.807) is 0 Å². The van der Waals surface area contributed by atoms with Crippen molar-refractivity contribution in [2.24, 2.45) is 0 Å². The quantitative estimate of drug-likeness (QED) is 0.0433. The van der Waals surface area contributed by atoms with Gasteiger partial charge in [0.05, 0.1) is 0 Å². The van der Waals surface area contributed by atoms with Crippen LogP contribution < -0.4 is 20.4 Å². The van der Waals surface area contributed by atoms with Crippen LogP contribution in [0.15, 0.2) is 0 Å². The first kappa shape index (κ1) is 70.1. The number of carbonyl (C=O) groups excluding carboxylic acids is 4. The predicted octanol–water partition coefficient (Wildman–Crippen LogP) is 10.2. The molecule has 0 N–H and O–H groups in total. The summed E-state index contributed by atoms with van der Waals surface area (Å²) in [5.74, 6) is -3.64. The molecule has 0 radical (unpaired) electrons. The Labute approximate surface area is 420 Å². The van der Waals surface area contributed by atoms with Crippen molar-refractivity contribution in [2.75, 3.05) is 0 Å². The van der Waals surface area contributed by atoms with Crippen molar-refractivity contribution in [1.82, 2.24) is 0 Å². The monoisotopic (exact) mass is 1050 g/mol. The molecule has 336 valence electrons. The maximum atomic E-state index is 10.1. The van der Waals surface area contributed by atoms with E-state index in [0.29, 0.717) is 0 Å². The van der Waals surface area contributed by atoms with E-state index in [2.05, 4.69) is 27.7 Å². The maximum absolute atomic E-state index is 10.1. The molecule has 0 rings (SSSR count). The zero-order valence-corrected chi connectivity index (χ0v) is 47.4. The molecule has 0 amide bonds. The molecule has 0 saturated carbocycles. The van der Waals surface area contributed by atoms with Crippen molar-refractivity contribution in [1.29, 1.82) is 0 Å². The Morgan fingerprint density at radius 2 is 0.345 bits per heavy atom. The minimum absolute atomic E-state index is 0. The number of hydrogen-bond acceptors (Lipinski definition) is 8. The van der Waals surface area contributed by atoms with Crippen molar-refractivity contribution >= 4 is 72.8 Å². The summed E-state index contributed by atoms with van der Waals surface area (Å²) in [4.78, 5) is 40.4. The van der Waals surface area contributed by atoms with Gasteiger partial charge >= 0.3 is 76.2 Å². The van der Waals surface area contributed by atoms with E-state index in [1.165, 1.54) is 180 Å². The molecular formula is C48H92BaCdO8. The molecule has 8 nitrogen and oxygen atoms in total. The first-order valence-corrected chi connectivity index (χ1v) is 23.9. The van der Waals surface area contributed by atoms with E-state index < -0.39 is 23.9 Å². The van der Waals surface area contributed by atoms with Gasteiger partial charge in [-0.15, -0.1) is 0 Å². The number of hydrogen-bond donors (Lipinski definition) is 0. The Balaban J connectivity index is -0.000000154. The Bertz CT molecular complexity index is 672. The molecule has 10 heteroatoms. The van der Waals surface area contributed by atoms with Gasteiger partial charge in [-0.25, -0.2) is 0 Å². The van der Waals surface area contributed by atoms with Crippen LogP contribution in [0.4, 0.5) is 0 Å². The largest absolute Gasteiger partial charge is 2.00 e. The van der Waals surface area contributed by atoms with E-state index in [9.17, 15) is 39.6 Å². The number of rotatable bonds is 40. The summed E-state index contributed by atoms with van der Waals surface area (Å²) in [6.45, 7) is 8.89. The Morgan fingerprint density at radius 1 is 0.241 bits per heavy atom. The third-order valence-electron chi connectivity index (χ3n) is 9.94. The maximum Gasteiger partial charge on any atom is 2.00 e. The van der Waals surface area contributed by atoms with Crippen molar-refractivity contribution < 1.29 is 66.9 Å². The van der Waals surface area contributed by atoms with E-state index in [4.69, 9.17) is 0 Å². The average Bonchev–Trinajstić information content (AvgIpc) is 3.15. The molecule has 0 spiro atoms. The van der Waals surface area contributed by atoms with E-state index in [-0.39, 0.29) is 102 Å². The fraction of sp³-hybridized carbons (Fsp3) is 0.917. The van der Waals surface area contributed by atoms with Crippen LogP contribution in [0.25, 0.3) is 0 Å². The van der Waals surface area contributed by atoms with Gasteiger partial charge in [0.15, 0.2) is 0 Å². The molecule has 58 heavy (non-hydrogen) atoms. The van der Waals surface area contributed by atoms with Gasteiger partial charge in [-0.3, -0.25) is 0 Å². The van der Waals surface area contributed by atoms with Gasteiger partial charge in [0, 0.05) is 23.9 Å². The van der Waals surface area contributed by atoms with E-state index >= 15 is 0 Å². The van der Waals surface area contributed by atoms with Crippen molar-refractivity contribution in [3.05, 3.63) is 0 Å². The van der Waals surface area contributed by atoms with Gasteiger partial charge in [-0.05, 0) is 51.4 Å². The number of aliphatic carboxylic acids is 4. The van der Waals surface area contributed by atoms with Gasteiger partial charge in [-0.2, -0.15) is 0 Å². The molecular weight excluding hydrogens is 954 g/mol. The number of unbranched alkanes of at least 4 members (excludes halogenated alkanes) is 32. The third kappa shape index (κ3) is 87.8. The number of carbonyl (C=O) groups is 4. The Hall–Kier alpha value is 0.374. The van der Waals surface area contributed by atoms with E-state index in [1.807, 2.05) is 0 Å². The summed E-state index contributed by atoms with van der Waals surface area (Å²) in [6.07, 6.45) is 44.7. The van der Waals surface area contributed by atoms with Gasteiger partial charge < -0.3 is 39.6 Å². The van der Waals surface area contributed by atoms with Crippen LogP contribution in [0.3, 0.4) is 0 Å². The predicted molar refractivity (Wildman–Crippen MR) is 233 cm³/mol. The zero-order valence-electron chi connectivity index (χ0n) is 39.0. The summed E-state index contributed by atoms with van der Waals surface area (Å²) in [5, 5.41) is 40.4. The molecule has 0 bridgehead atoms. The molecule has 0 heterocycles. The second-order valence-electron chi connectivity index (χ2n) is 15.8. The molecule has 0 aliphatic heterocycles. The van der Waals surface area contributed by atoms with Gasteiger partial charge in [0.25, 0.3) is 0 Å². The molecule has 0 saturated heterocycles. The van der Waals surface area contributed by atoms with Crippen LogP contribution in [0, 0.1) is 0 Å². The third-order valence-corrected chi connectivity index (χ3v) is 9.94. The van der Waals surface area contributed by atoms with Crippen LogP contribution in [0.1, 0.15) is 285 Å². The Kier molecular flexibility index (Phi) is 80.3. The smallest absolute Gasteiger partial charge is 0.550 e. The molecule has 0 atom stereocenters. The van der Waals surface area contributed by atoms with Crippen molar-refractivity contribution in [3.63, 3.8) is 0 Å². The number of carboxylic acid groups (broad SMARTS) is 4. The molecule has 0 fully saturated rings. The molecule has 0 aromatic rings. The van der Waals surface area contributed by atoms with Crippen LogP contribution in [0.5, 0.6) is 0 Å². The summed E-state index contributed by atoms with van der Waals surface area (Å²) in [6, 6.07) is 0.